The number of ether oxygens (including phenoxy) is 1. The van der Waals surface area contributed by atoms with Crippen LogP contribution in [0.5, 0.6) is 0 Å². The number of carbonyl (C=O) groups excluding carboxylic acids is 1. The first-order chi connectivity index (χ1) is 14.0. The van der Waals surface area contributed by atoms with E-state index in [1.54, 1.807) is 11.8 Å². The highest BCUT2D eigenvalue weighted by molar-refractivity contribution is 7.99. The van der Waals surface area contributed by atoms with E-state index in [1.165, 1.54) is 7.11 Å². The maximum absolute atomic E-state index is 12.0. The minimum Gasteiger partial charge on any atom is -0.469 e. The molecule has 5 nitrogen and oxygen atoms in total. The first-order valence-corrected chi connectivity index (χ1v) is 11.0. The first-order valence-electron chi connectivity index (χ1n) is 9.85. The molecule has 0 aliphatic carbocycles. The number of halogens is 1. The quantitative estimate of drug-likeness (QED) is 0.392. The molecule has 0 fully saturated rings. The van der Waals surface area contributed by atoms with Gasteiger partial charge in [0.25, 0.3) is 0 Å². The fraction of sp³-hybridized carbons (Fsp3) is 0.364. The third-order valence-electron chi connectivity index (χ3n) is 5.45. The Kier molecular flexibility index (Phi) is 5.86. The van der Waals surface area contributed by atoms with Crippen molar-refractivity contribution in [1.82, 2.24) is 14.7 Å². The Morgan fingerprint density at radius 3 is 2.76 bits per heavy atom. The van der Waals surface area contributed by atoms with E-state index >= 15 is 0 Å². The number of fused-ring (bicyclic) bond motifs is 2. The second kappa shape index (κ2) is 8.38. The summed E-state index contributed by atoms with van der Waals surface area (Å²) in [6, 6.07) is 10.0. The zero-order valence-corrected chi connectivity index (χ0v) is 18.4. The van der Waals surface area contributed by atoms with Crippen LogP contribution in [0.25, 0.3) is 22.2 Å². The molecule has 0 saturated heterocycles. The van der Waals surface area contributed by atoms with Crippen LogP contribution < -0.4 is 0 Å². The van der Waals surface area contributed by atoms with Gasteiger partial charge in [-0.05, 0) is 36.9 Å². The first kappa shape index (κ1) is 20.3. The topological polar surface area (TPSA) is 47.4 Å². The van der Waals surface area contributed by atoms with Crippen LogP contribution in [0.2, 0.25) is 5.02 Å². The summed E-state index contributed by atoms with van der Waals surface area (Å²) in [6.07, 6.45) is 0.245. The van der Waals surface area contributed by atoms with Crippen LogP contribution in [0, 0.1) is 0 Å². The van der Waals surface area contributed by atoms with Crippen LogP contribution in [-0.4, -0.2) is 47.4 Å². The minimum atomic E-state index is -0.242. The van der Waals surface area contributed by atoms with E-state index in [0.29, 0.717) is 5.02 Å². The van der Waals surface area contributed by atoms with Crippen molar-refractivity contribution in [2.45, 2.75) is 36.6 Å². The van der Waals surface area contributed by atoms with Crippen LogP contribution in [0.15, 0.2) is 40.1 Å². The van der Waals surface area contributed by atoms with E-state index in [0.717, 1.165) is 63.7 Å². The number of methoxy groups -OCH3 is 1. The van der Waals surface area contributed by atoms with E-state index in [4.69, 9.17) is 21.4 Å². The van der Waals surface area contributed by atoms with E-state index in [2.05, 4.69) is 29.5 Å². The predicted molar refractivity (Wildman–Crippen MR) is 118 cm³/mol. The molecule has 1 aromatic heterocycles. The Morgan fingerprint density at radius 1 is 1.24 bits per heavy atom. The third-order valence-corrected chi connectivity index (χ3v) is 6.91. The van der Waals surface area contributed by atoms with Crippen molar-refractivity contribution < 1.29 is 9.53 Å². The van der Waals surface area contributed by atoms with Gasteiger partial charge in [0, 0.05) is 32.3 Å². The van der Waals surface area contributed by atoms with Crippen LogP contribution in [0.1, 0.15) is 19.4 Å². The largest absolute Gasteiger partial charge is 0.469 e. The molecule has 3 aromatic rings. The Hall–Kier alpha value is -2.02. The van der Waals surface area contributed by atoms with Gasteiger partial charge >= 0.3 is 5.97 Å². The fourth-order valence-corrected chi connectivity index (χ4v) is 5.28. The highest BCUT2D eigenvalue weighted by atomic mass is 35.5. The molecule has 0 amide bonds. The molecule has 7 heteroatoms. The smallest absolute Gasteiger partial charge is 0.310 e. The number of rotatable bonds is 7. The molecule has 2 heterocycles. The summed E-state index contributed by atoms with van der Waals surface area (Å²) in [5.41, 5.74) is 4.12. The number of likely N-dealkylation sites (N-methyl/N-ethyl adjacent to an activating group) is 1. The van der Waals surface area contributed by atoms with Gasteiger partial charge in [-0.1, -0.05) is 49.3 Å². The van der Waals surface area contributed by atoms with Gasteiger partial charge in [-0.3, -0.25) is 9.48 Å². The average Bonchev–Trinajstić information content (AvgIpc) is 3.10. The van der Waals surface area contributed by atoms with Gasteiger partial charge in [-0.2, -0.15) is 5.10 Å². The molecule has 0 bridgehead atoms. The normalized spacial score (nSPS) is 12.4. The summed E-state index contributed by atoms with van der Waals surface area (Å²) in [6.45, 7) is 8.17. The summed E-state index contributed by atoms with van der Waals surface area (Å²) in [7, 11) is 1.42. The van der Waals surface area contributed by atoms with E-state index in [-0.39, 0.29) is 12.4 Å². The van der Waals surface area contributed by atoms with Crippen molar-refractivity contribution in [3.8, 4) is 11.3 Å². The molecule has 1 aliphatic heterocycles. The van der Waals surface area contributed by atoms with Crippen molar-refractivity contribution in [2.75, 3.05) is 26.7 Å². The van der Waals surface area contributed by atoms with Gasteiger partial charge in [0.2, 0.25) is 0 Å². The molecule has 29 heavy (non-hydrogen) atoms. The molecule has 0 N–H and O–H groups in total. The molecule has 0 atom stereocenters. The van der Waals surface area contributed by atoms with E-state index in [9.17, 15) is 4.79 Å². The lowest BCUT2D eigenvalue weighted by Gasteiger charge is -2.18. The third kappa shape index (κ3) is 3.77. The van der Waals surface area contributed by atoms with Crippen molar-refractivity contribution in [3.05, 3.63) is 40.9 Å². The summed E-state index contributed by atoms with van der Waals surface area (Å²) < 4.78 is 7.00. The molecule has 0 radical (unpaired) electrons. The number of benzene rings is 2. The molecule has 1 aliphatic rings. The molecule has 2 aromatic carbocycles. The maximum Gasteiger partial charge on any atom is 0.310 e. The van der Waals surface area contributed by atoms with Gasteiger partial charge in [-0.25, -0.2) is 0 Å². The van der Waals surface area contributed by atoms with Crippen molar-refractivity contribution in [3.63, 3.8) is 0 Å². The van der Waals surface area contributed by atoms with Crippen molar-refractivity contribution >= 4 is 40.2 Å². The minimum absolute atomic E-state index is 0.242. The molecular formula is C22H24ClN3O2S. The summed E-state index contributed by atoms with van der Waals surface area (Å²) in [4.78, 5) is 16.5. The SMILES string of the molecule is CCN(CC)CCn1nc2c3c(c(CC(=O)OC)ccc31)Sc1cc(Cl)ccc1-2. The standard InChI is InChI=1S/C22H24ClN3O2S/c1-4-25(5-2)10-11-26-17-9-6-14(12-19(27)28-3)22-20(17)21(24-26)16-8-7-15(23)13-18(16)29-22/h6-9,13H,4-5,10-12H2,1-3H3. The molecular weight excluding hydrogens is 406 g/mol. The number of aromatic nitrogens is 2. The maximum atomic E-state index is 12.0. The van der Waals surface area contributed by atoms with Gasteiger partial charge in [-0.15, -0.1) is 0 Å². The number of esters is 1. The number of hydrogen-bond acceptors (Lipinski definition) is 5. The predicted octanol–water partition coefficient (Wildman–Crippen LogP) is 4.88. The lowest BCUT2D eigenvalue weighted by atomic mass is 10.0. The molecule has 0 saturated carbocycles. The fourth-order valence-electron chi connectivity index (χ4n) is 3.79. The van der Waals surface area contributed by atoms with Crippen LogP contribution in [0.4, 0.5) is 0 Å². The number of carbonyl (C=O) groups is 1. The molecule has 4 rings (SSSR count). The van der Waals surface area contributed by atoms with Gasteiger partial charge < -0.3 is 9.64 Å². The molecule has 152 valence electrons. The monoisotopic (exact) mass is 429 g/mol. The lowest BCUT2D eigenvalue weighted by molar-refractivity contribution is -0.139. The summed E-state index contributed by atoms with van der Waals surface area (Å²) in [5, 5.41) is 6.80. The average molecular weight is 430 g/mol. The zero-order chi connectivity index (χ0) is 20.5. The van der Waals surface area contributed by atoms with Gasteiger partial charge in [0.05, 0.1) is 25.6 Å². The summed E-state index contributed by atoms with van der Waals surface area (Å²) in [5.74, 6) is -0.242. The van der Waals surface area contributed by atoms with Crippen molar-refractivity contribution in [2.24, 2.45) is 0 Å². The van der Waals surface area contributed by atoms with Crippen molar-refractivity contribution in [1.29, 1.82) is 0 Å². The van der Waals surface area contributed by atoms with Gasteiger partial charge in [0.1, 0.15) is 5.69 Å². The van der Waals surface area contributed by atoms with Crippen LogP contribution in [-0.2, 0) is 22.5 Å². The van der Waals surface area contributed by atoms with E-state index < -0.39 is 0 Å². The van der Waals surface area contributed by atoms with Crippen LogP contribution >= 0.6 is 23.4 Å². The Bertz CT molecular complexity index is 1080. The number of nitrogens with zero attached hydrogens (tertiary/aromatic N) is 3. The second-order valence-electron chi connectivity index (χ2n) is 7.04. The van der Waals surface area contributed by atoms with E-state index in [1.807, 2.05) is 24.3 Å². The zero-order valence-electron chi connectivity index (χ0n) is 16.9. The Balaban J connectivity index is 1.85. The Morgan fingerprint density at radius 2 is 2.03 bits per heavy atom. The molecule has 0 unspecified atom stereocenters. The second-order valence-corrected chi connectivity index (χ2v) is 8.53. The lowest BCUT2D eigenvalue weighted by Crippen LogP contribution is -2.27. The van der Waals surface area contributed by atoms with Gasteiger partial charge in [0.15, 0.2) is 0 Å². The highest BCUT2D eigenvalue weighted by Gasteiger charge is 2.27. The van der Waals surface area contributed by atoms with Crippen LogP contribution in [0.3, 0.4) is 0 Å². The number of hydrogen-bond donors (Lipinski definition) is 0. The highest BCUT2D eigenvalue weighted by Crippen LogP contribution is 2.49. The molecule has 0 spiro atoms. The Labute approximate surface area is 180 Å². The summed E-state index contributed by atoms with van der Waals surface area (Å²) >= 11 is 7.92.